The summed E-state index contributed by atoms with van der Waals surface area (Å²) in [7, 11) is 0. The van der Waals surface area contributed by atoms with Gasteiger partial charge in [-0.2, -0.15) is 4.39 Å². The second-order valence-electron chi connectivity index (χ2n) is 5.04. The number of amides is 1. The second kappa shape index (κ2) is 5.82. The molecule has 0 heterocycles. The summed E-state index contributed by atoms with van der Waals surface area (Å²) in [6.07, 6.45) is -0.639. The lowest BCUT2D eigenvalue weighted by atomic mass is 9.97. The summed E-state index contributed by atoms with van der Waals surface area (Å²) in [5.74, 6) is -0.972. The molecule has 0 saturated carbocycles. The van der Waals surface area contributed by atoms with E-state index in [9.17, 15) is 14.0 Å². The molecule has 1 N–H and O–H groups in total. The Hall–Kier alpha value is -1.13. The van der Waals surface area contributed by atoms with Gasteiger partial charge in [0.2, 0.25) is 0 Å². The number of ether oxygens (including phenoxy) is 1. The average Bonchev–Trinajstić information content (AvgIpc) is 1.98. The Balaban J connectivity index is 4.12. The van der Waals surface area contributed by atoms with E-state index in [0.29, 0.717) is 0 Å². The summed E-state index contributed by atoms with van der Waals surface area (Å²) in [6.45, 7) is 8.59. The molecular weight excluding hydrogens is 213 g/mol. The molecule has 4 nitrogen and oxygen atoms in total. The highest BCUT2D eigenvalue weighted by Crippen LogP contribution is 2.12. The van der Waals surface area contributed by atoms with Crippen LogP contribution in [0.4, 0.5) is 9.18 Å². The molecule has 1 amide bonds. The highest BCUT2D eigenvalue weighted by Gasteiger charge is 2.24. The predicted octanol–water partition coefficient (Wildman–Crippen LogP) is 2.28. The Labute approximate surface area is 95.5 Å². The van der Waals surface area contributed by atoms with Crippen LogP contribution in [-0.2, 0) is 9.53 Å². The minimum atomic E-state index is -1.41. The maximum Gasteiger partial charge on any atom is 0.407 e. The van der Waals surface area contributed by atoms with E-state index in [1.54, 1.807) is 34.6 Å². The van der Waals surface area contributed by atoms with Crippen LogP contribution in [0.3, 0.4) is 0 Å². The fraction of sp³-hybridized carbons (Fsp3) is 0.818. The van der Waals surface area contributed by atoms with Gasteiger partial charge in [0.1, 0.15) is 5.60 Å². The third-order valence-electron chi connectivity index (χ3n) is 1.96. The van der Waals surface area contributed by atoms with Gasteiger partial charge in [0.05, 0.1) is 5.92 Å². The fourth-order valence-corrected chi connectivity index (χ4v) is 1.09. The van der Waals surface area contributed by atoms with Gasteiger partial charge in [0, 0.05) is 6.54 Å². The highest BCUT2D eigenvalue weighted by molar-refractivity contribution is 5.73. The summed E-state index contributed by atoms with van der Waals surface area (Å²) in [5, 5.41) is 2.38. The first kappa shape index (κ1) is 14.9. The van der Waals surface area contributed by atoms with E-state index in [1.807, 2.05) is 0 Å². The van der Waals surface area contributed by atoms with Gasteiger partial charge in [-0.1, -0.05) is 13.8 Å². The van der Waals surface area contributed by atoms with Crippen molar-refractivity contribution in [3.8, 4) is 0 Å². The molecule has 0 aromatic heterocycles. The molecule has 94 valence electrons. The molecule has 0 aliphatic carbocycles. The monoisotopic (exact) mass is 233 g/mol. The highest BCUT2D eigenvalue weighted by atomic mass is 19.1. The number of halogens is 1. The van der Waals surface area contributed by atoms with E-state index in [0.717, 1.165) is 0 Å². The molecule has 0 unspecified atom stereocenters. The number of hydrogen-bond acceptors (Lipinski definition) is 3. The minimum Gasteiger partial charge on any atom is -0.444 e. The van der Waals surface area contributed by atoms with Crippen molar-refractivity contribution in [2.45, 2.75) is 40.2 Å². The van der Waals surface area contributed by atoms with Crippen LogP contribution in [0.1, 0.15) is 34.6 Å². The number of carbonyl (C=O) groups is 2. The summed E-state index contributed by atoms with van der Waals surface area (Å²) < 4.78 is 17.5. The summed E-state index contributed by atoms with van der Waals surface area (Å²) in [4.78, 5) is 21.9. The third kappa shape index (κ3) is 6.37. The molecule has 0 aliphatic rings. The van der Waals surface area contributed by atoms with Gasteiger partial charge < -0.3 is 10.1 Å². The Bertz CT molecular complexity index is 258. The van der Waals surface area contributed by atoms with E-state index in [4.69, 9.17) is 4.74 Å². The molecule has 0 aromatic rings. The Morgan fingerprint density at radius 3 is 2.12 bits per heavy atom. The SMILES string of the molecule is CC(C)[C@H](CNC(=O)OC(C)(C)C)C(=O)F. The van der Waals surface area contributed by atoms with Crippen LogP contribution >= 0.6 is 0 Å². The third-order valence-corrected chi connectivity index (χ3v) is 1.96. The second-order valence-corrected chi connectivity index (χ2v) is 5.04. The topological polar surface area (TPSA) is 55.4 Å². The number of alkyl carbamates (subject to hydrolysis) is 1. The van der Waals surface area contributed by atoms with Crippen LogP contribution in [0.2, 0.25) is 0 Å². The summed E-state index contributed by atoms with van der Waals surface area (Å²) in [5.41, 5.74) is -0.600. The first-order valence-electron chi connectivity index (χ1n) is 5.29. The van der Waals surface area contributed by atoms with Crippen LogP contribution in [0.25, 0.3) is 0 Å². The number of carbonyl (C=O) groups excluding carboxylic acids is 2. The van der Waals surface area contributed by atoms with Crippen molar-refractivity contribution in [3.63, 3.8) is 0 Å². The molecule has 0 spiro atoms. The minimum absolute atomic E-state index is 0.0398. The van der Waals surface area contributed by atoms with Gasteiger partial charge >= 0.3 is 12.1 Å². The van der Waals surface area contributed by atoms with Crippen molar-refractivity contribution in [1.82, 2.24) is 5.32 Å². The molecular formula is C11H20FNO3. The van der Waals surface area contributed by atoms with Crippen molar-refractivity contribution < 1.29 is 18.7 Å². The Morgan fingerprint density at radius 2 is 1.81 bits per heavy atom. The fourth-order valence-electron chi connectivity index (χ4n) is 1.09. The molecule has 16 heavy (non-hydrogen) atoms. The normalized spacial score (nSPS) is 13.4. The van der Waals surface area contributed by atoms with E-state index in [-0.39, 0.29) is 12.5 Å². The molecule has 0 saturated heterocycles. The maximum absolute atomic E-state index is 12.6. The van der Waals surface area contributed by atoms with E-state index in [2.05, 4.69) is 5.32 Å². The van der Waals surface area contributed by atoms with Crippen LogP contribution in [-0.4, -0.2) is 24.3 Å². The number of rotatable bonds is 4. The van der Waals surface area contributed by atoms with Gasteiger partial charge in [-0.3, -0.25) is 4.79 Å². The van der Waals surface area contributed by atoms with Crippen molar-refractivity contribution >= 4 is 12.1 Å². The van der Waals surface area contributed by atoms with E-state index < -0.39 is 23.6 Å². The van der Waals surface area contributed by atoms with Gasteiger partial charge in [-0.25, -0.2) is 4.79 Å². The lowest BCUT2D eigenvalue weighted by Gasteiger charge is -2.21. The molecule has 0 bridgehead atoms. The largest absolute Gasteiger partial charge is 0.444 e. The van der Waals surface area contributed by atoms with E-state index in [1.165, 1.54) is 0 Å². The predicted molar refractivity (Wildman–Crippen MR) is 58.7 cm³/mol. The molecule has 0 fully saturated rings. The quantitative estimate of drug-likeness (QED) is 0.758. The zero-order chi connectivity index (χ0) is 12.9. The molecule has 0 rings (SSSR count). The first-order valence-corrected chi connectivity index (χ1v) is 5.29. The number of nitrogens with one attached hydrogen (secondary N) is 1. The molecule has 1 atom stereocenters. The summed E-state index contributed by atoms with van der Waals surface area (Å²) in [6, 6.07) is -1.41. The Kier molecular flexibility index (Phi) is 5.41. The summed E-state index contributed by atoms with van der Waals surface area (Å²) >= 11 is 0. The van der Waals surface area contributed by atoms with E-state index >= 15 is 0 Å². The standard InChI is InChI=1S/C11H20FNO3/c1-7(2)8(9(12)14)6-13-10(15)16-11(3,4)5/h7-8H,6H2,1-5H3,(H,13,15)/t8-/m0/s1. The van der Waals surface area contributed by atoms with Gasteiger partial charge in [-0.05, 0) is 26.7 Å². The lowest BCUT2D eigenvalue weighted by Crippen LogP contribution is -2.38. The maximum atomic E-state index is 12.6. The number of hydrogen-bond donors (Lipinski definition) is 1. The van der Waals surface area contributed by atoms with Crippen LogP contribution in [0.15, 0.2) is 0 Å². The zero-order valence-corrected chi connectivity index (χ0v) is 10.5. The van der Waals surface area contributed by atoms with Crippen LogP contribution in [0, 0.1) is 11.8 Å². The van der Waals surface area contributed by atoms with Gasteiger partial charge in [0.15, 0.2) is 0 Å². The van der Waals surface area contributed by atoms with Crippen molar-refractivity contribution in [2.24, 2.45) is 11.8 Å². The molecule has 0 aliphatic heterocycles. The van der Waals surface area contributed by atoms with Gasteiger partial charge in [0.25, 0.3) is 0 Å². The first-order chi connectivity index (χ1) is 7.13. The smallest absolute Gasteiger partial charge is 0.407 e. The van der Waals surface area contributed by atoms with Crippen LogP contribution < -0.4 is 5.32 Å². The lowest BCUT2D eigenvalue weighted by molar-refractivity contribution is -0.134. The van der Waals surface area contributed by atoms with Crippen molar-refractivity contribution in [1.29, 1.82) is 0 Å². The zero-order valence-electron chi connectivity index (χ0n) is 10.5. The molecule has 5 heteroatoms. The molecule has 0 radical (unpaired) electrons. The van der Waals surface area contributed by atoms with Crippen LogP contribution in [0.5, 0.6) is 0 Å². The molecule has 0 aromatic carbocycles. The van der Waals surface area contributed by atoms with Crippen molar-refractivity contribution in [2.75, 3.05) is 6.54 Å². The van der Waals surface area contributed by atoms with Crippen molar-refractivity contribution in [3.05, 3.63) is 0 Å². The van der Waals surface area contributed by atoms with Gasteiger partial charge in [-0.15, -0.1) is 0 Å². The Morgan fingerprint density at radius 1 is 1.31 bits per heavy atom. The average molecular weight is 233 g/mol.